The highest BCUT2D eigenvalue weighted by Gasteiger charge is 2.32. The molecule has 0 saturated carbocycles. The summed E-state index contributed by atoms with van der Waals surface area (Å²) in [5.41, 5.74) is 3.84. The van der Waals surface area contributed by atoms with Crippen molar-refractivity contribution < 1.29 is 9.59 Å². The van der Waals surface area contributed by atoms with Crippen molar-refractivity contribution in [3.8, 4) is 0 Å². The minimum atomic E-state index is -0.629. The Kier molecular flexibility index (Phi) is 10.0. The molecule has 0 bridgehead atoms. The smallest absolute Gasteiger partial charge is 0.243 e. The highest BCUT2D eigenvalue weighted by molar-refractivity contribution is 7.99. The summed E-state index contributed by atoms with van der Waals surface area (Å²) in [5.74, 6) is 0.775. The second kappa shape index (κ2) is 13.0. The minimum Gasteiger partial charge on any atom is -0.350 e. The average molecular weight is 523 g/mol. The van der Waals surface area contributed by atoms with Gasteiger partial charge in [0, 0.05) is 29.3 Å². The van der Waals surface area contributed by atoms with Crippen LogP contribution in [0.15, 0.2) is 78.9 Å². The Bertz CT molecular complexity index is 1140. The predicted molar refractivity (Wildman–Crippen MR) is 151 cm³/mol. The average Bonchev–Trinajstić information content (AvgIpc) is 2.82. The van der Waals surface area contributed by atoms with Crippen LogP contribution in [0.2, 0.25) is 5.02 Å². The van der Waals surface area contributed by atoms with Gasteiger partial charge in [0.1, 0.15) is 6.04 Å². The van der Waals surface area contributed by atoms with Crippen molar-refractivity contribution in [2.75, 3.05) is 5.75 Å². The van der Waals surface area contributed by atoms with E-state index in [2.05, 4.69) is 11.4 Å². The van der Waals surface area contributed by atoms with Crippen molar-refractivity contribution in [2.24, 2.45) is 0 Å². The molecule has 0 saturated heterocycles. The van der Waals surface area contributed by atoms with E-state index in [4.69, 9.17) is 11.6 Å². The van der Waals surface area contributed by atoms with Gasteiger partial charge >= 0.3 is 0 Å². The molecule has 0 aliphatic heterocycles. The van der Waals surface area contributed by atoms with Crippen LogP contribution in [0.1, 0.15) is 43.0 Å². The molecular weight excluding hydrogens is 488 g/mol. The number of aryl methyl sites for hydroxylation is 1. The van der Waals surface area contributed by atoms with Crippen molar-refractivity contribution in [3.63, 3.8) is 0 Å². The Morgan fingerprint density at radius 2 is 1.58 bits per heavy atom. The van der Waals surface area contributed by atoms with E-state index in [1.54, 1.807) is 16.7 Å². The fraction of sp³-hybridized carbons (Fsp3) is 0.333. The van der Waals surface area contributed by atoms with Crippen LogP contribution in [0.25, 0.3) is 0 Å². The number of hydrogen-bond acceptors (Lipinski definition) is 3. The molecule has 1 atom stereocenters. The summed E-state index contributed by atoms with van der Waals surface area (Å²) in [6.07, 6.45) is 0.447. The zero-order chi connectivity index (χ0) is 26.1. The van der Waals surface area contributed by atoms with Crippen LogP contribution in [0.3, 0.4) is 0 Å². The Hall–Kier alpha value is -2.76. The number of amides is 2. The molecule has 0 fully saturated rings. The Labute approximate surface area is 224 Å². The monoisotopic (exact) mass is 522 g/mol. The summed E-state index contributed by atoms with van der Waals surface area (Å²) in [6, 6.07) is 25.0. The summed E-state index contributed by atoms with van der Waals surface area (Å²) >= 11 is 7.54. The first-order valence-corrected chi connectivity index (χ1v) is 13.7. The van der Waals surface area contributed by atoms with Gasteiger partial charge in [0.05, 0.1) is 5.75 Å². The molecule has 4 nitrogen and oxygen atoms in total. The zero-order valence-corrected chi connectivity index (χ0v) is 23.0. The van der Waals surface area contributed by atoms with Crippen molar-refractivity contribution >= 4 is 35.2 Å². The molecule has 0 aromatic heterocycles. The Morgan fingerprint density at radius 1 is 0.917 bits per heavy atom. The molecule has 3 aromatic carbocycles. The number of rotatable bonds is 10. The van der Waals surface area contributed by atoms with E-state index in [-0.39, 0.29) is 17.6 Å². The fourth-order valence-electron chi connectivity index (χ4n) is 3.93. The number of carbonyl (C=O) groups excluding carboxylic acids is 2. The van der Waals surface area contributed by atoms with Crippen LogP contribution < -0.4 is 5.32 Å². The van der Waals surface area contributed by atoms with Crippen LogP contribution in [0, 0.1) is 6.92 Å². The molecule has 2 amide bonds. The third-order valence-electron chi connectivity index (χ3n) is 5.61. The Balaban J connectivity index is 1.86. The zero-order valence-electron chi connectivity index (χ0n) is 21.5. The molecule has 0 heterocycles. The number of hydrogen-bond donors (Lipinski definition) is 1. The van der Waals surface area contributed by atoms with Gasteiger partial charge in [-0.05, 0) is 56.5 Å². The molecule has 0 aliphatic rings. The second-order valence-electron chi connectivity index (χ2n) is 10.1. The third-order valence-corrected chi connectivity index (χ3v) is 6.85. The number of nitrogens with zero attached hydrogens (tertiary/aromatic N) is 1. The lowest BCUT2D eigenvalue weighted by atomic mass is 10.0. The molecule has 0 unspecified atom stereocenters. The topological polar surface area (TPSA) is 49.4 Å². The van der Waals surface area contributed by atoms with E-state index in [0.717, 1.165) is 22.3 Å². The maximum Gasteiger partial charge on any atom is 0.243 e. The predicted octanol–water partition coefficient (Wildman–Crippen LogP) is 6.44. The van der Waals surface area contributed by atoms with Crippen LogP contribution >= 0.6 is 23.4 Å². The highest BCUT2D eigenvalue weighted by atomic mass is 35.5. The maximum absolute atomic E-state index is 13.7. The second-order valence-corrected chi connectivity index (χ2v) is 11.5. The first-order chi connectivity index (χ1) is 17.1. The number of nitrogens with one attached hydrogen (secondary N) is 1. The van der Waals surface area contributed by atoms with E-state index in [0.29, 0.717) is 23.7 Å². The van der Waals surface area contributed by atoms with Gasteiger partial charge in [0.15, 0.2) is 0 Å². The van der Waals surface area contributed by atoms with Crippen molar-refractivity contribution in [2.45, 2.75) is 58.0 Å². The number of carbonyl (C=O) groups is 2. The van der Waals surface area contributed by atoms with E-state index in [1.165, 1.54) is 0 Å². The fourth-order valence-corrected chi connectivity index (χ4v) is 4.93. The van der Waals surface area contributed by atoms with Gasteiger partial charge in [-0.15, -0.1) is 11.8 Å². The normalized spacial score (nSPS) is 12.1. The number of benzene rings is 3. The molecule has 3 rings (SSSR count). The van der Waals surface area contributed by atoms with Crippen LogP contribution in [-0.4, -0.2) is 34.0 Å². The van der Waals surface area contributed by atoms with E-state index < -0.39 is 11.6 Å². The van der Waals surface area contributed by atoms with Crippen molar-refractivity contribution in [3.05, 3.63) is 106 Å². The molecule has 0 radical (unpaired) electrons. The van der Waals surface area contributed by atoms with Gasteiger partial charge in [-0.25, -0.2) is 0 Å². The summed E-state index contributed by atoms with van der Waals surface area (Å²) in [6.45, 7) is 8.28. The summed E-state index contributed by atoms with van der Waals surface area (Å²) in [7, 11) is 0. The molecular formula is C30H35ClN2O2S. The molecule has 3 aromatic rings. The molecule has 1 N–H and O–H groups in total. The van der Waals surface area contributed by atoms with E-state index in [9.17, 15) is 9.59 Å². The number of halogens is 1. The number of thioether (sulfide) groups is 1. The van der Waals surface area contributed by atoms with Crippen molar-refractivity contribution in [1.29, 1.82) is 0 Å². The Morgan fingerprint density at radius 3 is 2.22 bits per heavy atom. The van der Waals surface area contributed by atoms with E-state index in [1.807, 2.05) is 100 Å². The first kappa shape index (κ1) is 27.8. The molecule has 6 heteroatoms. The lowest BCUT2D eigenvalue weighted by molar-refractivity contribution is -0.140. The largest absolute Gasteiger partial charge is 0.350 e. The quantitative estimate of drug-likeness (QED) is 0.333. The van der Waals surface area contributed by atoms with E-state index >= 15 is 0 Å². The summed E-state index contributed by atoms with van der Waals surface area (Å²) in [4.78, 5) is 29.0. The van der Waals surface area contributed by atoms with Gasteiger partial charge in [0.25, 0.3) is 0 Å². The molecule has 36 heavy (non-hydrogen) atoms. The van der Waals surface area contributed by atoms with Crippen LogP contribution in [0.5, 0.6) is 0 Å². The standard InChI is InChI=1S/C30H35ClN2O2S/c1-22-9-8-12-25(17-22)19-33(28(34)21-36-20-24-13-15-26(31)16-14-24)27(29(35)32-30(2,3)4)18-23-10-6-5-7-11-23/h5-17,27H,18-21H2,1-4H3,(H,32,35)/t27-/m0/s1. The summed E-state index contributed by atoms with van der Waals surface area (Å²) < 4.78 is 0. The lowest BCUT2D eigenvalue weighted by Crippen LogP contribution is -2.54. The van der Waals surface area contributed by atoms with Crippen LogP contribution in [-0.2, 0) is 28.3 Å². The van der Waals surface area contributed by atoms with Gasteiger partial charge in [-0.1, -0.05) is 83.9 Å². The minimum absolute atomic E-state index is 0.0551. The molecule has 0 spiro atoms. The summed E-state index contributed by atoms with van der Waals surface area (Å²) in [5, 5.41) is 3.80. The lowest BCUT2D eigenvalue weighted by Gasteiger charge is -2.34. The first-order valence-electron chi connectivity index (χ1n) is 12.1. The highest BCUT2D eigenvalue weighted by Crippen LogP contribution is 2.20. The third kappa shape index (κ3) is 9.03. The SMILES string of the molecule is Cc1cccc(CN(C(=O)CSCc2ccc(Cl)cc2)[C@@H](Cc2ccccc2)C(=O)NC(C)(C)C)c1. The van der Waals surface area contributed by atoms with Gasteiger partial charge < -0.3 is 10.2 Å². The molecule has 190 valence electrons. The van der Waals surface area contributed by atoms with Gasteiger partial charge in [-0.3, -0.25) is 9.59 Å². The van der Waals surface area contributed by atoms with Crippen LogP contribution in [0.4, 0.5) is 0 Å². The maximum atomic E-state index is 13.7. The molecule has 0 aliphatic carbocycles. The van der Waals surface area contributed by atoms with Gasteiger partial charge in [0.2, 0.25) is 11.8 Å². The van der Waals surface area contributed by atoms with Gasteiger partial charge in [-0.2, -0.15) is 0 Å². The van der Waals surface area contributed by atoms with Crippen molar-refractivity contribution in [1.82, 2.24) is 10.2 Å².